The standard InChI is InChI=1S/C13H17N/c1-3-7-12(2)10-14-11-13-8-5-4-6-9-13/h4-10H,3,11H2,1-2H3/b12-7+,14-10?. The molecule has 0 fully saturated rings. The van der Waals surface area contributed by atoms with Crippen LogP contribution < -0.4 is 0 Å². The summed E-state index contributed by atoms with van der Waals surface area (Å²) in [7, 11) is 0. The fourth-order valence-electron chi connectivity index (χ4n) is 1.25. The smallest absolute Gasteiger partial charge is 0.0639 e. The lowest BCUT2D eigenvalue weighted by Gasteiger charge is -1.94. The minimum absolute atomic E-state index is 0.774. The molecule has 0 N–H and O–H groups in total. The lowest BCUT2D eigenvalue weighted by atomic mass is 10.2. The molecule has 1 heteroatoms. The maximum Gasteiger partial charge on any atom is 0.0639 e. The van der Waals surface area contributed by atoms with Gasteiger partial charge in [-0.2, -0.15) is 0 Å². The summed E-state index contributed by atoms with van der Waals surface area (Å²) in [6, 6.07) is 10.3. The van der Waals surface area contributed by atoms with Gasteiger partial charge in [0.25, 0.3) is 0 Å². The second kappa shape index (κ2) is 6.14. The fraction of sp³-hybridized carbons (Fsp3) is 0.308. The predicted octanol–water partition coefficient (Wildman–Crippen LogP) is 3.61. The van der Waals surface area contributed by atoms with Gasteiger partial charge in [0.15, 0.2) is 0 Å². The van der Waals surface area contributed by atoms with E-state index in [0.29, 0.717) is 0 Å². The highest BCUT2D eigenvalue weighted by atomic mass is 14.7. The van der Waals surface area contributed by atoms with Crippen LogP contribution in [0.5, 0.6) is 0 Å². The van der Waals surface area contributed by atoms with Crippen molar-refractivity contribution in [2.75, 3.05) is 0 Å². The van der Waals surface area contributed by atoms with E-state index in [9.17, 15) is 0 Å². The lowest BCUT2D eigenvalue weighted by Crippen LogP contribution is -1.82. The zero-order valence-corrected chi connectivity index (χ0v) is 8.90. The second-order valence-corrected chi connectivity index (χ2v) is 3.31. The van der Waals surface area contributed by atoms with E-state index in [1.807, 2.05) is 24.4 Å². The molecule has 1 nitrogen and oxygen atoms in total. The van der Waals surface area contributed by atoms with Crippen LogP contribution in [0.1, 0.15) is 25.8 Å². The highest BCUT2D eigenvalue weighted by Gasteiger charge is 1.86. The Morgan fingerprint density at radius 1 is 1.29 bits per heavy atom. The highest BCUT2D eigenvalue weighted by molar-refractivity contribution is 5.77. The van der Waals surface area contributed by atoms with Crippen molar-refractivity contribution in [3.05, 3.63) is 47.5 Å². The van der Waals surface area contributed by atoms with Crippen LogP contribution in [0.3, 0.4) is 0 Å². The number of allylic oxidation sites excluding steroid dienone is 2. The Labute approximate surface area is 86.2 Å². The average molecular weight is 187 g/mol. The van der Waals surface area contributed by atoms with Crippen molar-refractivity contribution >= 4 is 6.21 Å². The summed E-state index contributed by atoms with van der Waals surface area (Å²) < 4.78 is 0. The van der Waals surface area contributed by atoms with Crippen LogP contribution in [0, 0.1) is 0 Å². The van der Waals surface area contributed by atoms with E-state index in [1.54, 1.807) is 0 Å². The summed E-state index contributed by atoms with van der Waals surface area (Å²) in [6.45, 7) is 4.99. The minimum atomic E-state index is 0.774. The lowest BCUT2D eigenvalue weighted by molar-refractivity contribution is 1.07. The van der Waals surface area contributed by atoms with E-state index in [1.165, 1.54) is 11.1 Å². The van der Waals surface area contributed by atoms with Gasteiger partial charge in [0.05, 0.1) is 6.54 Å². The second-order valence-electron chi connectivity index (χ2n) is 3.31. The molecule has 0 aromatic heterocycles. The molecule has 1 aromatic carbocycles. The molecule has 0 radical (unpaired) electrons. The van der Waals surface area contributed by atoms with E-state index in [-0.39, 0.29) is 0 Å². The predicted molar refractivity (Wildman–Crippen MR) is 62.7 cm³/mol. The monoisotopic (exact) mass is 187 g/mol. The first-order valence-corrected chi connectivity index (χ1v) is 5.03. The van der Waals surface area contributed by atoms with Gasteiger partial charge in [-0.3, -0.25) is 4.99 Å². The molecular formula is C13H17N. The van der Waals surface area contributed by atoms with Gasteiger partial charge in [-0.25, -0.2) is 0 Å². The van der Waals surface area contributed by atoms with Gasteiger partial charge in [-0.15, -0.1) is 0 Å². The van der Waals surface area contributed by atoms with Crippen LogP contribution in [-0.2, 0) is 6.54 Å². The number of nitrogens with zero attached hydrogens (tertiary/aromatic N) is 1. The Balaban J connectivity index is 2.45. The van der Waals surface area contributed by atoms with Crippen LogP contribution in [0.4, 0.5) is 0 Å². The van der Waals surface area contributed by atoms with Crippen molar-refractivity contribution in [3.63, 3.8) is 0 Å². The van der Waals surface area contributed by atoms with Gasteiger partial charge in [0.2, 0.25) is 0 Å². The van der Waals surface area contributed by atoms with E-state index >= 15 is 0 Å². The van der Waals surface area contributed by atoms with E-state index in [0.717, 1.165) is 13.0 Å². The fourth-order valence-corrected chi connectivity index (χ4v) is 1.25. The number of benzene rings is 1. The van der Waals surface area contributed by atoms with Gasteiger partial charge in [0.1, 0.15) is 0 Å². The quantitative estimate of drug-likeness (QED) is 0.638. The third kappa shape index (κ3) is 4.04. The van der Waals surface area contributed by atoms with Crippen molar-refractivity contribution in [1.82, 2.24) is 0 Å². The number of rotatable bonds is 4. The van der Waals surface area contributed by atoms with Crippen LogP contribution >= 0.6 is 0 Å². The molecule has 0 heterocycles. The third-order valence-electron chi connectivity index (χ3n) is 1.94. The highest BCUT2D eigenvalue weighted by Crippen LogP contribution is 2.00. The first kappa shape index (κ1) is 10.7. The number of hydrogen-bond donors (Lipinski definition) is 0. The van der Waals surface area contributed by atoms with Crippen molar-refractivity contribution in [1.29, 1.82) is 0 Å². The first-order chi connectivity index (χ1) is 6.83. The summed E-state index contributed by atoms with van der Waals surface area (Å²) in [6.07, 6.45) is 5.19. The van der Waals surface area contributed by atoms with Crippen LogP contribution in [0.2, 0.25) is 0 Å². The van der Waals surface area contributed by atoms with E-state index in [2.05, 4.69) is 37.0 Å². The van der Waals surface area contributed by atoms with Crippen LogP contribution in [0.25, 0.3) is 0 Å². The maximum absolute atomic E-state index is 4.37. The summed E-state index contributed by atoms with van der Waals surface area (Å²) >= 11 is 0. The van der Waals surface area contributed by atoms with Gasteiger partial charge >= 0.3 is 0 Å². The Morgan fingerprint density at radius 3 is 2.64 bits per heavy atom. The molecule has 0 aliphatic rings. The molecule has 1 rings (SSSR count). The summed E-state index contributed by atoms with van der Waals surface area (Å²) in [4.78, 5) is 4.37. The molecule has 0 saturated carbocycles. The zero-order chi connectivity index (χ0) is 10.2. The normalized spacial score (nSPS) is 12.3. The SMILES string of the molecule is CC/C=C(\C)C=NCc1ccccc1. The molecule has 0 bridgehead atoms. The van der Waals surface area contributed by atoms with Crippen molar-refractivity contribution in [2.24, 2.45) is 4.99 Å². The van der Waals surface area contributed by atoms with Gasteiger partial charge < -0.3 is 0 Å². The van der Waals surface area contributed by atoms with Gasteiger partial charge in [-0.05, 0) is 24.5 Å². The molecule has 0 saturated heterocycles. The molecule has 0 aliphatic heterocycles. The zero-order valence-electron chi connectivity index (χ0n) is 8.90. The summed E-state index contributed by atoms with van der Waals surface area (Å²) in [5.74, 6) is 0. The van der Waals surface area contributed by atoms with Crippen molar-refractivity contribution in [3.8, 4) is 0 Å². The Kier molecular flexibility index (Phi) is 4.70. The summed E-state index contributed by atoms with van der Waals surface area (Å²) in [5.41, 5.74) is 2.50. The molecule has 14 heavy (non-hydrogen) atoms. The van der Waals surface area contributed by atoms with Gasteiger partial charge in [-0.1, -0.05) is 43.3 Å². The maximum atomic E-state index is 4.37. The Bertz CT molecular complexity index is 309. The molecule has 0 unspecified atom stereocenters. The topological polar surface area (TPSA) is 12.4 Å². The summed E-state index contributed by atoms with van der Waals surface area (Å²) in [5, 5.41) is 0. The van der Waals surface area contributed by atoms with Gasteiger partial charge in [0, 0.05) is 6.21 Å². The number of hydrogen-bond acceptors (Lipinski definition) is 1. The molecule has 0 aliphatic carbocycles. The van der Waals surface area contributed by atoms with E-state index in [4.69, 9.17) is 0 Å². The molecule has 74 valence electrons. The van der Waals surface area contributed by atoms with Crippen molar-refractivity contribution < 1.29 is 0 Å². The number of aliphatic imine (C=N–C) groups is 1. The largest absolute Gasteiger partial charge is 0.288 e. The molecule has 0 spiro atoms. The molecule has 0 amide bonds. The first-order valence-electron chi connectivity index (χ1n) is 5.03. The molecular weight excluding hydrogens is 170 g/mol. The average Bonchev–Trinajstić information content (AvgIpc) is 2.20. The molecule has 0 atom stereocenters. The van der Waals surface area contributed by atoms with E-state index < -0.39 is 0 Å². The third-order valence-corrected chi connectivity index (χ3v) is 1.94. The van der Waals surface area contributed by atoms with Crippen LogP contribution in [-0.4, -0.2) is 6.21 Å². The van der Waals surface area contributed by atoms with Crippen LogP contribution in [0.15, 0.2) is 47.0 Å². The minimum Gasteiger partial charge on any atom is -0.288 e. The molecule has 1 aromatic rings. The van der Waals surface area contributed by atoms with Crippen molar-refractivity contribution in [2.45, 2.75) is 26.8 Å². The Morgan fingerprint density at radius 2 is 2.00 bits per heavy atom. The Hall–Kier alpha value is -1.37.